The summed E-state index contributed by atoms with van der Waals surface area (Å²) in [7, 11) is 1.96. The number of hydrogen-bond donors (Lipinski definition) is 0. The molecule has 0 radical (unpaired) electrons. The summed E-state index contributed by atoms with van der Waals surface area (Å²) in [6.45, 7) is 17.7. The second kappa shape index (κ2) is 9.25. The zero-order valence-electron chi connectivity index (χ0n) is 26.5. The molecule has 6 heteroatoms. The monoisotopic (exact) mass is 561 g/mol. The van der Waals surface area contributed by atoms with Gasteiger partial charge in [0.1, 0.15) is 25.2 Å². The molecule has 0 saturated heterocycles. The highest BCUT2D eigenvalue weighted by Gasteiger charge is 2.64. The number of carbonyl (C=O) groups is 2. The zero-order valence-corrected chi connectivity index (χ0v) is 26.5. The molecule has 1 aromatic rings. The van der Waals surface area contributed by atoms with E-state index in [-0.39, 0.29) is 45.8 Å². The van der Waals surface area contributed by atoms with E-state index in [1.54, 1.807) is 0 Å². The number of ether oxygens (including phenoxy) is 2. The van der Waals surface area contributed by atoms with Gasteiger partial charge in [0, 0.05) is 39.8 Å². The summed E-state index contributed by atoms with van der Waals surface area (Å²) < 4.78 is 14.9. The van der Waals surface area contributed by atoms with Crippen molar-refractivity contribution in [3.05, 3.63) is 41.4 Å². The van der Waals surface area contributed by atoms with Gasteiger partial charge in [-0.25, -0.2) is 9.36 Å². The standard InChI is InChI=1S/C35H49N2O4/c1-20-27(30(38)40-25-17-23-12-14-34(25,7)32(23,3)4)29(22-11-10-16-37(9)19-22)28(21(2)36-20)31(39)41-26-18-24-13-15-35(26,8)33(24,5)6/h10-11,16,19,23-27,29H,12-15,17-18H2,1-9H3/q+1. The molecule has 2 heterocycles. The van der Waals surface area contributed by atoms with Crippen LogP contribution in [-0.4, -0.2) is 29.9 Å². The Morgan fingerprint density at radius 3 is 1.95 bits per heavy atom. The van der Waals surface area contributed by atoms with E-state index in [9.17, 15) is 9.59 Å². The number of fused-ring (bicyclic) bond motifs is 4. The van der Waals surface area contributed by atoms with Gasteiger partial charge < -0.3 is 9.47 Å². The van der Waals surface area contributed by atoms with Crippen molar-refractivity contribution in [3.8, 4) is 0 Å². The maximum atomic E-state index is 14.2. The lowest BCUT2D eigenvalue weighted by atomic mass is 9.70. The van der Waals surface area contributed by atoms with Crippen LogP contribution in [0.15, 0.2) is 40.8 Å². The third kappa shape index (κ3) is 3.94. The van der Waals surface area contributed by atoms with E-state index in [1.165, 1.54) is 12.8 Å². The van der Waals surface area contributed by atoms with Gasteiger partial charge in [0.05, 0.1) is 5.57 Å². The van der Waals surface area contributed by atoms with Crippen molar-refractivity contribution in [2.75, 3.05) is 0 Å². The number of aliphatic imine (C=N–C) groups is 1. The van der Waals surface area contributed by atoms with Gasteiger partial charge in [-0.3, -0.25) is 9.79 Å². The Kier molecular flexibility index (Phi) is 6.45. The molecular formula is C35H49N2O4+. The topological polar surface area (TPSA) is 68.8 Å². The van der Waals surface area contributed by atoms with Crippen LogP contribution in [0.5, 0.6) is 0 Å². The molecule has 6 rings (SSSR count). The first kappa shape index (κ1) is 28.6. The minimum atomic E-state index is -0.679. The van der Waals surface area contributed by atoms with Crippen LogP contribution in [0, 0.1) is 39.4 Å². The van der Waals surface area contributed by atoms with E-state index < -0.39 is 11.8 Å². The fraction of sp³-hybridized carbons (Fsp3) is 0.714. The third-order valence-electron chi connectivity index (χ3n) is 13.6. The van der Waals surface area contributed by atoms with Gasteiger partial charge in [-0.15, -0.1) is 0 Å². The Morgan fingerprint density at radius 2 is 1.46 bits per heavy atom. The summed E-state index contributed by atoms with van der Waals surface area (Å²) in [5.41, 5.74) is 2.90. The lowest BCUT2D eigenvalue weighted by Crippen LogP contribution is -2.44. The molecule has 0 N–H and O–H groups in total. The maximum absolute atomic E-state index is 14.2. The van der Waals surface area contributed by atoms with Crippen molar-refractivity contribution in [2.45, 2.75) is 112 Å². The molecule has 41 heavy (non-hydrogen) atoms. The zero-order chi connectivity index (χ0) is 29.7. The SMILES string of the molecule is CC1=NC(C)=C(C(=O)OC2CC3CCC2(C)C3(C)C)C(c2ccc[n+](C)c2)C1C(=O)OC1CC2CCC1(C)C2(C)C. The van der Waals surface area contributed by atoms with Crippen molar-refractivity contribution in [1.29, 1.82) is 0 Å². The summed E-state index contributed by atoms with van der Waals surface area (Å²) in [5.74, 6) is -0.680. The van der Waals surface area contributed by atoms with Crippen LogP contribution in [0.3, 0.4) is 0 Å². The van der Waals surface area contributed by atoms with E-state index in [1.807, 2.05) is 50.0 Å². The molecule has 4 fully saturated rings. The van der Waals surface area contributed by atoms with Crippen LogP contribution in [-0.2, 0) is 26.1 Å². The van der Waals surface area contributed by atoms with Gasteiger partial charge in [0.15, 0.2) is 12.4 Å². The van der Waals surface area contributed by atoms with E-state index in [2.05, 4.69) is 41.5 Å². The lowest BCUT2D eigenvalue weighted by molar-refractivity contribution is -0.672. The highest BCUT2D eigenvalue weighted by molar-refractivity contribution is 6.07. The average Bonchev–Trinajstić information content (AvgIpc) is 3.40. The Hall–Kier alpha value is -2.50. The molecule has 8 atom stereocenters. The first-order valence-electron chi connectivity index (χ1n) is 15.7. The number of aryl methyl sites for hydroxylation is 1. The van der Waals surface area contributed by atoms with Gasteiger partial charge in [-0.05, 0) is 81.1 Å². The Balaban J connectivity index is 1.34. The predicted molar refractivity (Wildman–Crippen MR) is 158 cm³/mol. The molecule has 1 aliphatic heterocycles. The Morgan fingerprint density at radius 1 is 0.902 bits per heavy atom. The minimum Gasteiger partial charge on any atom is -0.461 e. The number of esters is 2. The number of rotatable bonds is 5. The third-order valence-corrected chi connectivity index (χ3v) is 13.6. The van der Waals surface area contributed by atoms with E-state index in [0.717, 1.165) is 31.2 Å². The minimum absolute atomic E-state index is 0.0424. The normalized spacial score (nSPS) is 40.1. The molecule has 8 unspecified atom stereocenters. The summed E-state index contributed by atoms with van der Waals surface area (Å²) >= 11 is 0. The summed E-state index contributed by atoms with van der Waals surface area (Å²) in [6.07, 6.45) is 10.1. The number of nitrogens with zero attached hydrogens (tertiary/aromatic N) is 2. The average molecular weight is 562 g/mol. The molecule has 4 aliphatic carbocycles. The van der Waals surface area contributed by atoms with Gasteiger partial charge >= 0.3 is 11.9 Å². The van der Waals surface area contributed by atoms with Crippen molar-refractivity contribution in [1.82, 2.24) is 0 Å². The fourth-order valence-corrected chi connectivity index (χ4v) is 9.79. The lowest BCUT2D eigenvalue weighted by Gasteiger charge is -2.40. The Bertz CT molecular complexity index is 1360. The maximum Gasteiger partial charge on any atom is 0.336 e. The smallest absolute Gasteiger partial charge is 0.336 e. The van der Waals surface area contributed by atoms with Gasteiger partial charge in [0.2, 0.25) is 0 Å². The Labute approximate surface area is 246 Å². The molecule has 222 valence electrons. The number of pyridine rings is 1. The highest BCUT2D eigenvalue weighted by atomic mass is 16.6. The van der Waals surface area contributed by atoms with E-state index in [0.29, 0.717) is 28.8 Å². The van der Waals surface area contributed by atoms with Crippen molar-refractivity contribution >= 4 is 17.7 Å². The number of aromatic nitrogens is 1. The molecule has 0 aromatic carbocycles. The molecule has 4 saturated carbocycles. The summed E-state index contributed by atoms with van der Waals surface area (Å²) in [4.78, 5) is 33.3. The second-order valence-electron chi connectivity index (χ2n) is 15.6. The van der Waals surface area contributed by atoms with Crippen molar-refractivity contribution in [2.24, 2.45) is 51.5 Å². The molecule has 1 aromatic heterocycles. The van der Waals surface area contributed by atoms with Crippen LogP contribution in [0.25, 0.3) is 0 Å². The molecule has 0 spiro atoms. The largest absolute Gasteiger partial charge is 0.461 e. The first-order valence-corrected chi connectivity index (χ1v) is 15.7. The molecule has 0 amide bonds. The van der Waals surface area contributed by atoms with Gasteiger partial charge in [-0.2, -0.15) is 0 Å². The van der Waals surface area contributed by atoms with Gasteiger partial charge in [-0.1, -0.05) is 41.5 Å². The number of carbonyl (C=O) groups excluding carboxylic acids is 2. The predicted octanol–water partition coefficient (Wildman–Crippen LogP) is 6.48. The van der Waals surface area contributed by atoms with Crippen LogP contribution in [0.1, 0.15) is 105 Å². The number of allylic oxidation sites excluding steroid dienone is 1. The van der Waals surface area contributed by atoms with Crippen LogP contribution in [0.2, 0.25) is 0 Å². The van der Waals surface area contributed by atoms with Crippen molar-refractivity contribution < 1.29 is 23.6 Å². The van der Waals surface area contributed by atoms with Crippen LogP contribution in [0.4, 0.5) is 0 Å². The van der Waals surface area contributed by atoms with E-state index >= 15 is 0 Å². The fourth-order valence-electron chi connectivity index (χ4n) is 9.79. The van der Waals surface area contributed by atoms with Crippen LogP contribution >= 0.6 is 0 Å². The van der Waals surface area contributed by atoms with E-state index in [4.69, 9.17) is 14.5 Å². The number of hydrogen-bond acceptors (Lipinski definition) is 5. The van der Waals surface area contributed by atoms with Gasteiger partial charge in [0.25, 0.3) is 0 Å². The first-order chi connectivity index (χ1) is 19.1. The summed E-state index contributed by atoms with van der Waals surface area (Å²) in [5, 5.41) is 0. The highest BCUT2D eigenvalue weighted by Crippen LogP contribution is 2.67. The molecule has 5 aliphatic rings. The summed E-state index contributed by atoms with van der Waals surface area (Å²) in [6, 6.07) is 3.98. The molecule has 4 bridgehead atoms. The molecule has 6 nitrogen and oxygen atoms in total. The second-order valence-corrected chi connectivity index (χ2v) is 15.6. The quantitative estimate of drug-likeness (QED) is 0.305. The van der Waals surface area contributed by atoms with Crippen LogP contribution < -0.4 is 4.57 Å². The van der Waals surface area contributed by atoms with Crippen molar-refractivity contribution in [3.63, 3.8) is 0 Å². The molecular weight excluding hydrogens is 512 g/mol.